The average Bonchev–Trinajstić information content (AvgIpc) is 2.45. The maximum Gasteiger partial charge on any atom is 0.0351 e. The molecule has 0 N–H and O–H groups in total. The van der Waals surface area contributed by atoms with Gasteiger partial charge >= 0.3 is 0 Å². The molecule has 0 aromatic carbocycles. The van der Waals surface area contributed by atoms with Crippen molar-refractivity contribution in [2.45, 2.75) is 84.5 Å². The Morgan fingerprint density at radius 3 is 1.96 bits per heavy atom. The van der Waals surface area contributed by atoms with E-state index in [1.807, 2.05) is 0 Å². The Balaban J connectivity index is 1.45. The van der Waals surface area contributed by atoms with Gasteiger partial charge in [0.1, 0.15) is 0 Å². The summed E-state index contributed by atoms with van der Waals surface area (Å²) in [6.45, 7) is 18.4. The fraction of sp³-hybridized carbons (Fsp3) is 1.00. The van der Waals surface area contributed by atoms with E-state index in [1.54, 1.807) is 0 Å². The first-order valence-corrected chi connectivity index (χ1v) is 10.2. The van der Waals surface area contributed by atoms with Crippen LogP contribution >= 0.6 is 0 Å². The van der Waals surface area contributed by atoms with E-state index >= 15 is 0 Å². The molecule has 2 heterocycles. The number of hydrogen-bond acceptors (Lipinski definition) is 3. The fourth-order valence-electron chi connectivity index (χ4n) is 5.11. The van der Waals surface area contributed by atoms with Crippen molar-refractivity contribution in [1.29, 1.82) is 0 Å². The van der Waals surface area contributed by atoms with E-state index in [4.69, 9.17) is 0 Å². The van der Waals surface area contributed by atoms with Gasteiger partial charge in [0, 0.05) is 56.9 Å². The molecule has 3 nitrogen and oxygen atoms in total. The molecule has 3 fully saturated rings. The van der Waals surface area contributed by atoms with Crippen molar-refractivity contribution in [2.24, 2.45) is 11.8 Å². The van der Waals surface area contributed by atoms with Gasteiger partial charge in [0.15, 0.2) is 0 Å². The van der Waals surface area contributed by atoms with Crippen molar-refractivity contribution < 1.29 is 0 Å². The third-order valence-electron chi connectivity index (χ3n) is 7.00. The van der Waals surface area contributed by atoms with E-state index in [0.717, 1.165) is 36.0 Å². The summed E-state index contributed by atoms with van der Waals surface area (Å²) in [7, 11) is 0. The minimum absolute atomic E-state index is 0.723. The van der Waals surface area contributed by atoms with Gasteiger partial charge in [-0.15, -0.1) is 0 Å². The van der Waals surface area contributed by atoms with Crippen molar-refractivity contribution in [3.63, 3.8) is 0 Å². The monoisotopic (exact) mass is 321 g/mol. The largest absolute Gasteiger partial charge is 0.298 e. The van der Waals surface area contributed by atoms with Crippen LogP contribution in [-0.4, -0.2) is 71.6 Å². The molecule has 2 saturated heterocycles. The maximum absolute atomic E-state index is 2.85. The van der Waals surface area contributed by atoms with Crippen LogP contribution in [0.25, 0.3) is 0 Å². The summed E-state index contributed by atoms with van der Waals surface area (Å²) in [5, 5.41) is 0. The molecule has 1 saturated carbocycles. The molecule has 23 heavy (non-hydrogen) atoms. The van der Waals surface area contributed by atoms with Crippen LogP contribution in [0.1, 0.15) is 60.3 Å². The quantitative estimate of drug-likeness (QED) is 0.786. The Morgan fingerprint density at radius 1 is 0.783 bits per heavy atom. The Bertz CT molecular complexity index is 367. The summed E-state index contributed by atoms with van der Waals surface area (Å²) < 4.78 is 0. The number of nitrogens with zero attached hydrogens (tertiary/aromatic N) is 3. The second-order valence-corrected chi connectivity index (χ2v) is 9.10. The van der Waals surface area contributed by atoms with Gasteiger partial charge in [-0.2, -0.15) is 0 Å². The molecule has 0 aromatic rings. The molecular weight excluding hydrogens is 282 g/mol. The van der Waals surface area contributed by atoms with E-state index in [0.29, 0.717) is 0 Å². The summed E-state index contributed by atoms with van der Waals surface area (Å²) in [5.74, 6) is 1.87. The smallest absolute Gasteiger partial charge is 0.0351 e. The minimum Gasteiger partial charge on any atom is -0.298 e. The molecule has 0 unspecified atom stereocenters. The summed E-state index contributed by atoms with van der Waals surface area (Å²) >= 11 is 0. The molecular formula is C20H39N3. The SMILES string of the molecule is CC(C)C1CCC(N2CCN(C3CN(C(C)C)C3)C[C@@H]2C)CC1. The van der Waals surface area contributed by atoms with Crippen LogP contribution in [0.2, 0.25) is 0 Å². The third-order valence-corrected chi connectivity index (χ3v) is 7.00. The van der Waals surface area contributed by atoms with Crippen LogP contribution in [0.15, 0.2) is 0 Å². The van der Waals surface area contributed by atoms with Gasteiger partial charge in [-0.3, -0.25) is 14.7 Å². The van der Waals surface area contributed by atoms with Gasteiger partial charge in [-0.05, 0) is 58.3 Å². The van der Waals surface area contributed by atoms with Gasteiger partial charge < -0.3 is 0 Å². The molecule has 134 valence electrons. The zero-order valence-electron chi connectivity index (χ0n) is 16.2. The van der Waals surface area contributed by atoms with Crippen LogP contribution in [0.4, 0.5) is 0 Å². The van der Waals surface area contributed by atoms with E-state index in [1.165, 1.54) is 58.4 Å². The number of likely N-dealkylation sites (tertiary alicyclic amines) is 1. The molecule has 1 aliphatic carbocycles. The normalized spacial score (nSPS) is 35.9. The Kier molecular flexibility index (Phi) is 5.70. The topological polar surface area (TPSA) is 9.72 Å². The lowest BCUT2D eigenvalue weighted by Gasteiger charge is -2.53. The van der Waals surface area contributed by atoms with E-state index in [-0.39, 0.29) is 0 Å². The zero-order chi connectivity index (χ0) is 16.6. The summed E-state index contributed by atoms with van der Waals surface area (Å²) in [6, 6.07) is 3.17. The van der Waals surface area contributed by atoms with E-state index in [9.17, 15) is 0 Å². The molecule has 0 spiro atoms. The van der Waals surface area contributed by atoms with Crippen molar-refractivity contribution in [2.75, 3.05) is 32.7 Å². The minimum atomic E-state index is 0.723. The van der Waals surface area contributed by atoms with Crippen molar-refractivity contribution in [3.8, 4) is 0 Å². The standard InChI is InChI=1S/C20H39N3/c1-15(2)18-6-8-19(9-7-18)23-11-10-21(12-17(23)5)20-13-22(14-20)16(3)4/h15-20H,6-14H2,1-5H3/t17-,18?,19?/m0/s1. The highest BCUT2D eigenvalue weighted by molar-refractivity contribution is 4.95. The molecule has 0 bridgehead atoms. The van der Waals surface area contributed by atoms with Crippen LogP contribution in [0.5, 0.6) is 0 Å². The first kappa shape index (κ1) is 17.7. The van der Waals surface area contributed by atoms with Crippen molar-refractivity contribution in [1.82, 2.24) is 14.7 Å². The molecule has 0 radical (unpaired) electrons. The first-order chi connectivity index (χ1) is 11.0. The molecule has 3 rings (SSSR count). The molecule has 0 amide bonds. The molecule has 2 aliphatic heterocycles. The number of piperazine rings is 1. The van der Waals surface area contributed by atoms with Gasteiger partial charge in [0.05, 0.1) is 0 Å². The molecule has 3 aliphatic rings. The van der Waals surface area contributed by atoms with Crippen LogP contribution in [0, 0.1) is 11.8 Å². The zero-order valence-corrected chi connectivity index (χ0v) is 16.2. The van der Waals surface area contributed by atoms with Crippen LogP contribution < -0.4 is 0 Å². The van der Waals surface area contributed by atoms with E-state index in [2.05, 4.69) is 49.3 Å². The predicted molar refractivity (Wildman–Crippen MR) is 98.8 cm³/mol. The Hall–Kier alpha value is -0.120. The highest BCUT2D eigenvalue weighted by Crippen LogP contribution is 2.34. The predicted octanol–water partition coefficient (Wildman–Crippen LogP) is 3.30. The maximum atomic E-state index is 2.85. The first-order valence-electron chi connectivity index (χ1n) is 10.2. The van der Waals surface area contributed by atoms with Gasteiger partial charge in [-0.1, -0.05) is 13.8 Å². The van der Waals surface area contributed by atoms with Crippen LogP contribution in [0.3, 0.4) is 0 Å². The van der Waals surface area contributed by atoms with Crippen molar-refractivity contribution in [3.05, 3.63) is 0 Å². The second-order valence-electron chi connectivity index (χ2n) is 9.10. The highest BCUT2D eigenvalue weighted by Gasteiger charge is 2.38. The van der Waals surface area contributed by atoms with Gasteiger partial charge in [-0.25, -0.2) is 0 Å². The Labute approximate surface area is 144 Å². The summed E-state index contributed by atoms with van der Waals surface area (Å²) in [5.41, 5.74) is 0. The van der Waals surface area contributed by atoms with Crippen LogP contribution in [-0.2, 0) is 0 Å². The average molecular weight is 322 g/mol. The lowest BCUT2D eigenvalue weighted by Crippen LogP contribution is -2.66. The summed E-state index contributed by atoms with van der Waals surface area (Å²) in [6.07, 6.45) is 5.80. The second kappa shape index (κ2) is 7.41. The Morgan fingerprint density at radius 2 is 1.43 bits per heavy atom. The molecule has 0 aromatic heterocycles. The lowest BCUT2D eigenvalue weighted by molar-refractivity contribution is -0.0403. The summed E-state index contributed by atoms with van der Waals surface area (Å²) in [4.78, 5) is 8.24. The number of rotatable bonds is 4. The molecule has 1 atom stereocenters. The third kappa shape index (κ3) is 3.93. The van der Waals surface area contributed by atoms with Gasteiger partial charge in [0.2, 0.25) is 0 Å². The highest BCUT2D eigenvalue weighted by atomic mass is 15.4. The fourth-order valence-corrected chi connectivity index (χ4v) is 5.11. The molecule has 3 heteroatoms. The van der Waals surface area contributed by atoms with E-state index < -0.39 is 0 Å². The van der Waals surface area contributed by atoms with Gasteiger partial charge in [0.25, 0.3) is 0 Å². The van der Waals surface area contributed by atoms with Crippen molar-refractivity contribution >= 4 is 0 Å². The lowest BCUT2D eigenvalue weighted by atomic mass is 9.79. The number of hydrogen-bond donors (Lipinski definition) is 0.